The van der Waals surface area contributed by atoms with Gasteiger partial charge in [0.2, 0.25) is 0 Å². The van der Waals surface area contributed by atoms with E-state index >= 15 is 0 Å². The van der Waals surface area contributed by atoms with Crippen LogP contribution >= 0.6 is 0 Å². The fraction of sp³-hybridized carbons (Fsp3) is 1.00. The number of hydrogen-bond acceptors (Lipinski definition) is 4. The average Bonchev–Trinajstić information content (AvgIpc) is 1.72. The Morgan fingerprint density at radius 3 is 0.833 bits per heavy atom. The molecule has 98 valence electrons. The van der Waals surface area contributed by atoms with Gasteiger partial charge in [0.05, 0.1) is 17.1 Å². The third-order valence-corrected chi connectivity index (χ3v) is 8.10. The quantitative estimate of drug-likeness (QED) is 0.461. The van der Waals surface area contributed by atoms with Gasteiger partial charge < -0.3 is 17.8 Å². The largest absolute Gasteiger partial charge is 1.00 e. The molecule has 0 unspecified atom stereocenters. The zero-order valence-electron chi connectivity index (χ0n) is 13.6. The fourth-order valence-electron chi connectivity index (χ4n) is 0.983. The van der Waals surface area contributed by atoms with Crippen LogP contribution in [0.15, 0.2) is 0 Å². The van der Waals surface area contributed by atoms with E-state index in [0.717, 1.165) is 0 Å². The summed E-state index contributed by atoms with van der Waals surface area (Å²) < 4.78 is 10.2. The van der Waals surface area contributed by atoms with Crippen molar-refractivity contribution in [2.75, 3.05) is 0 Å². The Morgan fingerprint density at radius 1 is 0.667 bits per heavy atom. The van der Waals surface area contributed by atoms with Crippen LogP contribution in [0.5, 0.6) is 0 Å². The van der Waals surface area contributed by atoms with E-state index in [1.807, 2.05) is 26.2 Å². The van der Waals surface area contributed by atoms with Crippen LogP contribution in [0.4, 0.5) is 0 Å². The van der Waals surface area contributed by atoms with Gasteiger partial charge in [-0.05, 0) is 26.2 Å². The van der Waals surface area contributed by atoms with Crippen molar-refractivity contribution in [3.63, 3.8) is 0 Å². The second-order valence-electron chi connectivity index (χ2n) is 4.82. The average molecular weight is 375 g/mol. The minimum atomic E-state index is -2.43. The summed E-state index contributed by atoms with van der Waals surface area (Å²) in [7, 11) is -6.34. The topological polar surface area (TPSA) is 64.6 Å². The van der Waals surface area contributed by atoms with Gasteiger partial charge in [-0.25, -0.2) is 0 Å². The van der Waals surface area contributed by atoms with Crippen LogP contribution in [-0.4, -0.2) is 35.2 Å². The van der Waals surface area contributed by atoms with Crippen LogP contribution in [0.1, 0.15) is 0 Å². The Labute approximate surface area is 203 Å². The van der Waals surface area contributed by atoms with E-state index in [1.165, 1.54) is 0 Å². The smallest absolute Gasteiger partial charge is 0.839 e. The van der Waals surface area contributed by atoms with E-state index in [9.17, 15) is 9.59 Å². The maximum atomic E-state index is 10.9. The first-order chi connectivity index (χ1) is 6.83. The van der Waals surface area contributed by atoms with Crippen LogP contribution in [0, 0.1) is 0 Å². The van der Waals surface area contributed by atoms with Crippen molar-refractivity contribution in [2.45, 2.75) is 52.4 Å². The molecule has 18 heavy (non-hydrogen) atoms. The van der Waals surface area contributed by atoms with E-state index in [2.05, 4.69) is 0 Å². The molecule has 0 saturated carbocycles. The summed E-state index contributed by atoms with van der Waals surface area (Å²) in [5.41, 5.74) is 0. The summed E-state index contributed by atoms with van der Waals surface area (Å²) >= 11 is 0. The van der Waals surface area contributed by atoms with Crippen LogP contribution in [0.3, 0.4) is 0 Å². The van der Waals surface area contributed by atoms with E-state index in [0.29, 0.717) is 0 Å². The molecule has 0 aliphatic carbocycles. The minimum absolute atomic E-state index is 0. The first kappa shape index (κ1) is 29.9. The summed E-state index contributed by atoms with van der Waals surface area (Å²) in [5, 5.41) is 0. The van der Waals surface area contributed by atoms with E-state index < -0.39 is 35.2 Å². The third kappa shape index (κ3) is 36.8. The maximum Gasteiger partial charge on any atom is 1.00 e. The van der Waals surface area contributed by atoms with E-state index in [4.69, 9.17) is 8.23 Å². The van der Waals surface area contributed by atoms with Crippen molar-refractivity contribution < 1.29 is 121 Å². The summed E-state index contributed by atoms with van der Waals surface area (Å²) in [4.78, 5) is 21.7. The molecule has 0 aromatic heterocycles. The summed E-state index contributed by atoms with van der Waals surface area (Å²) in [6.45, 7) is 14.6. The van der Waals surface area contributed by atoms with Crippen molar-refractivity contribution in [1.29, 1.82) is 0 Å². The number of hydrogen-bond donors (Lipinski definition) is 0. The number of rotatable bonds is 4. The molecule has 0 aliphatic heterocycles. The zero-order chi connectivity index (χ0) is 13.6. The SMILES string of the molecule is C[Si](C)O[Si](C)(C)[O-].C[Si](C)O[Si](C)(C)[O-].[K+].[K+]. The van der Waals surface area contributed by atoms with E-state index in [1.54, 1.807) is 26.2 Å². The monoisotopic (exact) mass is 374 g/mol. The van der Waals surface area contributed by atoms with Gasteiger partial charge in [0.15, 0.2) is 18.1 Å². The molecule has 0 saturated heterocycles. The molecule has 4 nitrogen and oxygen atoms in total. The van der Waals surface area contributed by atoms with Gasteiger partial charge in [-0.1, -0.05) is 26.2 Å². The Morgan fingerprint density at radius 2 is 0.833 bits per heavy atom. The molecule has 0 heterocycles. The molecule has 0 spiro atoms. The Kier molecular flexibility index (Phi) is 24.2. The maximum absolute atomic E-state index is 10.9. The summed E-state index contributed by atoms with van der Waals surface area (Å²) in [6, 6.07) is 0. The van der Waals surface area contributed by atoms with Crippen molar-refractivity contribution in [3.8, 4) is 0 Å². The molecule has 0 amide bonds. The first-order valence-electron chi connectivity index (χ1n) is 5.22. The van der Waals surface area contributed by atoms with Gasteiger partial charge in [0, 0.05) is 0 Å². The molecule has 0 N–H and O–H groups in total. The van der Waals surface area contributed by atoms with Gasteiger partial charge in [-0.15, -0.1) is 0 Å². The summed E-state index contributed by atoms with van der Waals surface area (Å²) in [6.07, 6.45) is 0. The standard InChI is InChI=1S/2C4H12O2Si2.2K/c2*1-7(2)6-8(3,4)5;;/h2*1-4H3;;/q2*-1;2*+1. The summed E-state index contributed by atoms with van der Waals surface area (Å²) in [5.74, 6) is 0. The van der Waals surface area contributed by atoms with Crippen molar-refractivity contribution in [1.82, 2.24) is 0 Å². The van der Waals surface area contributed by atoms with E-state index in [-0.39, 0.29) is 103 Å². The van der Waals surface area contributed by atoms with Crippen LogP contribution in [-0.2, 0) is 8.23 Å². The van der Waals surface area contributed by atoms with Gasteiger partial charge >= 0.3 is 103 Å². The Bertz CT molecular complexity index is 163. The van der Waals surface area contributed by atoms with Crippen molar-refractivity contribution in [3.05, 3.63) is 0 Å². The molecule has 10 heteroatoms. The molecule has 0 aromatic rings. The van der Waals surface area contributed by atoms with Crippen LogP contribution in [0.25, 0.3) is 0 Å². The molecule has 0 aliphatic rings. The molecule has 0 fully saturated rings. The molecule has 2 radical (unpaired) electrons. The molecule has 0 atom stereocenters. The Balaban J connectivity index is -0.0000000980. The third-order valence-electron chi connectivity index (χ3n) is 0.900. The van der Waals surface area contributed by atoms with Gasteiger partial charge in [0.25, 0.3) is 0 Å². The Hall–Kier alpha value is 3.98. The van der Waals surface area contributed by atoms with Crippen molar-refractivity contribution in [2.24, 2.45) is 0 Å². The van der Waals surface area contributed by atoms with Gasteiger partial charge in [-0.3, -0.25) is 0 Å². The predicted octanol–water partition coefficient (Wildman–Crippen LogP) is -5.36. The first-order valence-corrected chi connectivity index (χ1v) is 15.7. The molecule has 0 bridgehead atoms. The predicted molar refractivity (Wildman–Crippen MR) is 72.1 cm³/mol. The molecular weight excluding hydrogens is 351 g/mol. The zero-order valence-corrected chi connectivity index (χ0v) is 23.9. The normalized spacial score (nSPS) is 11.3. The molecule has 0 aromatic carbocycles. The second-order valence-corrected chi connectivity index (χ2v) is 15.7. The molecule has 0 rings (SSSR count). The van der Waals surface area contributed by atoms with Gasteiger partial charge in [0.1, 0.15) is 0 Å². The van der Waals surface area contributed by atoms with Crippen LogP contribution in [0.2, 0.25) is 52.4 Å². The van der Waals surface area contributed by atoms with Gasteiger partial charge in [-0.2, -0.15) is 0 Å². The van der Waals surface area contributed by atoms with Crippen molar-refractivity contribution >= 4 is 35.2 Å². The minimum Gasteiger partial charge on any atom is -0.839 e. The fourth-order valence-corrected chi connectivity index (χ4v) is 8.85. The van der Waals surface area contributed by atoms with Crippen LogP contribution < -0.4 is 112 Å². The second kappa shape index (κ2) is 14.6. The molecular formula is C8H24K2O4Si4.